The van der Waals surface area contributed by atoms with Crippen molar-refractivity contribution < 1.29 is 23.2 Å². The second kappa shape index (κ2) is 7.87. The summed E-state index contributed by atoms with van der Waals surface area (Å²) < 4.78 is 34.1. The molecule has 29 heavy (non-hydrogen) atoms. The molecule has 3 rings (SSSR count). The molecule has 0 saturated carbocycles. The van der Waals surface area contributed by atoms with Crippen molar-refractivity contribution in [1.29, 1.82) is 0 Å². The normalized spacial score (nSPS) is 13.8. The van der Waals surface area contributed by atoms with Crippen LogP contribution in [0.25, 0.3) is 0 Å². The van der Waals surface area contributed by atoms with E-state index in [9.17, 15) is 23.2 Å². The average molecular weight is 494 g/mol. The van der Waals surface area contributed by atoms with Crippen LogP contribution in [0.2, 0.25) is 20.1 Å². The van der Waals surface area contributed by atoms with E-state index in [2.05, 4.69) is 0 Å². The summed E-state index contributed by atoms with van der Waals surface area (Å²) in [7, 11) is -5.07. The average Bonchev–Trinajstić information content (AvgIpc) is 2.64. The fourth-order valence-corrected chi connectivity index (χ4v) is 5.56. The Balaban J connectivity index is 2.63. The van der Waals surface area contributed by atoms with Gasteiger partial charge < -0.3 is 10.2 Å². The molecular weight excluding hydrogens is 482 g/mol. The van der Waals surface area contributed by atoms with Crippen LogP contribution in [0.15, 0.2) is 54.6 Å². The third-order valence-electron chi connectivity index (χ3n) is 4.42. The Labute approximate surface area is 186 Å². The highest BCUT2D eigenvalue weighted by Gasteiger charge is 2.51. The van der Waals surface area contributed by atoms with Crippen LogP contribution in [0.3, 0.4) is 0 Å². The Hall–Kier alpha value is -1.67. The van der Waals surface area contributed by atoms with Gasteiger partial charge in [0.25, 0.3) is 10.1 Å². The first-order chi connectivity index (χ1) is 13.5. The van der Waals surface area contributed by atoms with E-state index in [0.29, 0.717) is 0 Å². The molecule has 0 radical (unpaired) electrons. The van der Waals surface area contributed by atoms with Crippen LogP contribution in [0, 0.1) is 0 Å². The van der Waals surface area contributed by atoms with Crippen LogP contribution in [0.4, 0.5) is 0 Å². The Morgan fingerprint density at radius 1 is 0.793 bits per heavy atom. The number of hydrogen-bond donors (Lipinski definition) is 3. The topological polar surface area (TPSA) is 94.8 Å². The molecule has 0 aliphatic carbocycles. The molecule has 10 heteroatoms. The summed E-state index contributed by atoms with van der Waals surface area (Å²) in [5.41, 5.74) is -0.393. The zero-order valence-electron chi connectivity index (χ0n) is 14.3. The number of phenols is 2. The third kappa shape index (κ3) is 3.54. The molecule has 0 spiro atoms. The maximum atomic E-state index is 13.0. The minimum absolute atomic E-state index is 0.0105. The molecule has 0 saturated heterocycles. The molecular formula is C19H12Cl4O5S. The van der Waals surface area contributed by atoms with Crippen LogP contribution in [0.5, 0.6) is 11.5 Å². The maximum absolute atomic E-state index is 13.0. The van der Waals surface area contributed by atoms with E-state index >= 15 is 0 Å². The number of phenolic OH excluding ortho intramolecular Hbond substituents is 2. The highest BCUT2D eigenvalue weighted by atomic mass is 35.5. The minimum Gasteiger partial charge on any atom is -0.504 e. The standard InChI is InChI=1S/C19H12Cl4O5S/c20-11-4-1-3-10(9-11)19(29(26,27)28,12-5-2-6-14(21)16(12)22)13-7-8-15(24)18(25)17(13)23/h1-9,24-25H,(H,26,27,28). The van der Waals surface area contributed by atoms with E-state index in [4.69, 9.17) is 46.4 Å². The van der Waals surface area contributed by atoms with Gasteiger partial charge in [0, 0.05) is 16.1 Å². The van der Waals surface area contributed by atoms with Gasteiger partial charge in [0.1, 0.15) is 0 Å². The first-order valence-electron chi connectivity index (χ1n) is 7.90. The molecule has 0 aromatic heterocycles. The van der Waals surface area contributed by atoms with E-state index < -0.39 is 31.4 Å². The van der Waals surface area contributed by atoms with Crippen molar-refractivity contribution in [2.24, 2.45) is 0 Å². The highest BCUT2D eigenvalue weighted by molar-refractivity contribution is 7.87. The molecule has 0 heterocycles. The van der Waals surface area contributed by atoms with Crippen LogP contribution < -0.4 is 0 Å². The lowest BCUT2D eigenvalue weighted by Crippen LogP contribution is -2.39. The van der Waals surface area contributed by atoms with Gasteiger partial charge in [0.15, 0.2) is 16.2 Å². The molecule has 0 aliphatic heterocycles. The van der Waals surface area contributed by atoms with Crippen LogP contribution in [-0.2, 0) is 14.9 Å². The zero-order chi connectivity index (χ0) is 21.6. The molecule has 0 aliphatic rings. The first kappa shape index (κ1) is 22.0. The minimum atomic E-state index is -5.07. The summed E-state index contributed by atoms with van der Waals surface area (Å²) in [5, 5.41) is 19.4. The van der Waals surface area contributed by atoms with Gasteiger partial charge >= 0.3 is 0 Å². The fourth-order valence-electron chi connectivity index (χ4n) is 3.19. The van der Waals surface area contributed by atoms with E-state index in [1.54, 1.807) is 0 Å². The van der Waals surface area contributed by atoms with Crippen LogP contribution in [-0.4, -0.2) is 23.2 Å². The van der Waals surface area contributed by atoms with Crippen molar-refractivity contribution in [2.45, 2.75) is 4.75 Å². The summed E-state index contributed by atoms with van der Waals surface area (Å²) in [6.07, 6.45) is 0. The highest BCUT2D eigenvalue weighted by Crippen LogP contribution is 2.52. The lowest BCUT2D eigenvalue weighted by molar-refractivity contribution is 0.402. The van der Waals surface area contributed by atoms with Gasteiger partial charge in [-0.3, -0.25) is 4.55 Å². The van der Waals surface area contributed by atoms with Crippen LogP contribution >= 0.6 is 46.4 Å². The Morgan fingerprint density at radius 3 is 2.03 bits per heavy atom. The van der Waals surface area contributed by atoms with Crippen molar-refractivity contribution in [3.63, 3.8) is 0 Å². The zero-order valence-corrected chi connectivity index (χ0v) is 18.1. The number of hydrogen-bond acceptors (Lipinski definition) is 4. The fraction of sp³-hybridized carbons (Fsp3) is 0.0526. The van der Waals surface area contributed by atoms with E-state index in [0.717, 1.165) is 12.1 Å². The van der Waals surface area contributed by atoms with Crippen molar-refractivity contribution >= 4 is 56.5 Å². The summed E-state index contributed by atoms with van der Waals surface area (Å²) in [6.45, 7) is 0. The van der Waals surface area contributed by atoms with Gasteiger partial charge in [0.2, 0.25) is 0 Å². The smallest absolute Gasteiger partial charge is 0.283 e. The van der Waals surface area contributed by atoms with Gasteiger partial charge in [-0.2, -0.15) is 8.42 Å². The van der Waals surface area contributed by atoms with E-state index in [1.165, 1.54) is 42.5 Å². The number of benzene rings is 3. The lowest BCUT2D eigenvalue weighted by Gasteiger charge is -2.34. The Kier molecular flexibility index (Phi) is 5.98. The van der Waals surface area contributed by atoms with E-state index in [-0.39, 0.29) is 31.8 Å². The summed E-state index contributed by atoms with van der Waals surface area (Å²) >= 11 is 24.8. The predicted molar refractivity (Wildman–Crippen MR) is 114 cm³/mol. The second-order valence-electron chi connectivity index (χ2n) is 6.06. The Bertz CT molecular complexity index is 1210. The molecule has 3 aromatic carbocycles. The van der Waals surface area contributed by atoms with Gasteiger partial charge in [-0.1, -0.05) is 76.7 Å². The molecule has 152 valence electrons. The summed E-state index contributed by atoms with van der Waals surface area (Å²) in [4.78, 5) is 0. The first-order valence-corrected chi connectivity index (χ1v) is 10.9. The van der Waals surface area contributed by atoms with E-state index in [1.807, 2.05) is 0 Å². The largest absolute Gasteiger partial charge is 0.504 e. The van der Waals surface area contributed by atoms with Gasteiger partial charge in [-0.25, -0.2) is 0 Å². The second-order valence-corrected chi connectivity index (χ2v) is 9.22. The quantitative estimate of drug-likeness (QED) is 0.239. The number of rotatable bonds is 4. The summed E-state index contributed by atoms with van der Waals surface area (Å²) in [6, 6.07) is 12.1. The van der Waals surface area contributed by atoms with Gasteiger partial charge in [-0.15, -0.1) is 0 Å². The molecule has 3 N–H and O–H groups in total. The SMILES string of the molecule is O=S(=O)(O)C(c1cccc(Cl)c1)(c1cccc(Cl)c1Cl)c1ccc(O)c(O)c1Cl. The van der Waals surface area contributed by atoms with Crippen molar-refractivity contribution in [2.75, 3.05) is 0 Å². The molecule has 0 amide bonds. The Morgan fingerprint density at radius 2 is 1.41 bits per heavy atom. The number of aromatic hydroxyl groups is 2. The van der Waals surface area contributed by atoms with Crippen molar-refractivity contribution in [3.8, 4) is 11.5 Å². The number of halogens is 4. The molecule has 5 nitrogen and oxygen atoms in total. The van der Waals surface area contributed by atoms with Gasteiger partial charge in [-0.05, 0) is 29.8 Å². The molecule has 3 aromatic rings. The van der Waals surface area contributed by atoms with Crippen LogP contribution in [0.1, 0.15) is 16.7 Å². The molecule has 0 fully saturated rings. The molecule has 0 bridgehead atoms. The maximum Gasteiger partial charge on any atom is 0.283 e. The molecule has 1 unspecified atom stereocenters. The van der Waals surface area contributed by atoms with Gasteiger partial charge in [0.05, 0.1) is 15.1 Å². The summed E-state index contributed by atoms with van der Waals surface area (Å²) in [5.74, 6) is -1.34. The monoisotopic (exact) mass is 492 g/mol. The van der Waals surface area contributed by atoms with Crippen molar-refractivity contribution in [3.05, 3.63) is 91.4 Å². The van der Waals surface area contributed by atoms with Crippen molar-refractivity contribution in [1.82, 2.24) is 0 Å². The predicted octanol–water partition coefficient (Wildman–Crippen LogP) is 5.89. The lowest BCUT2D eigenvalue weighted by atomic mass is 9.83. The molecule has 1 atom stereocenters. The third-order valence-corrected chi connectivity index (χ3v) is 7.31.